The van der Waals surface area contributed by atoms with Crippen molar-refractivity contribution in [3.63, 3.8) is 0 Å². The molecule has 0 saturated heterocycles. The molecule has 0 radical (unpaired) electrons. The fraction of sp³-hybridized carbons (Fsp3) is 0.263. The van der Waals surface area contributed by atoms with Crippen LogP contribution < -0.4 is 14.8 Å². The molecule has 2 aliphatic heterocycles. The highest BCUT2D eigenvalue weighted by Gasteiger charge is 2.35. The summed E-state index contributed by atoms with van der Waals surface area (Å²) in [6.45, 7) is 0.919. The third-order valence-corrected chi connectivity index (χ3v) is 4.38. The summed E-state index contributed by atoms with van der Waals surface area (Å²) in [5.41, 5.74) is 0.991. The van der Waals surface area contributed by atoms with E-state index in [2.05, 4.69) is 10.3 Å². The highest BCUT2D eigenvalue weighted by atomic mass is 16.6. The lowest BCUT2D eigenvalue weighted by Crippen LogP contribution is -2.46. The van der Waals surface area contributed by atoms with Crippen LogP contribution in [0.4, 0.5) is 10.5 Å². The van der Waals surface area contributed by atoms with Gasteiger partial charge in [0.2, 0.25) is 11.8 Å². The molecule has 2 heterocycles. The minimum atomic E-state index is -0.640. The number of hydrogen-bond donors (Lipinski definition) is 1. The lowest BCUT2D eigenvalue weighted by atomic mass is 9.95. The van der Waals surface area contributed by atoms with Crippen molar-refractivity contribution in [3.8, 4) is 11.5 Å². The first-order chi connectivity index (χ1) is 13.1. The van der Waals surface area contributed by atoms with Crippen LogP contribution in [0.2, 0.25) is 0 Å². The van der Waals surface area contributed by atoms with Gasteiger partial charge in [0.25, 0.3) is 0 Å². The Morgan fingerprint density at radius 1 is 1.19 bits per heavy atom. The molecule has 0 bridgehead atoms. The molecule has 0 saturated carbocycles. The molecule has 1 atom stereocenters. The van der Waals surface area contributed by atoms with Gasteiger partial charge in [0.05, 0.1) is 11.6 Å². The van der Waals surface area contributed by atoms with Crippen molar-refractivity contribution in [1.29, 1.82) is 0 Å². The first kappa shape index (κ1) is 17.0. The molecular weight excluding hydrogens is 350 g/mol. The number of ether oxygens (including phenoxy) is 2. The summed E-state index contributed by atoms with van der Waals surface area (Å²) in [7, 11) is 0. The molecule has 0 fully saturated rings. The summed E-state index contributed by atoms with van der Waals surface area (Å²) >= 11 is 0. The number of nitrogens with one attached hydrogen (secondary N) is 1. The lowest BCUT2D eigenvalue weighted by molar-refractivity contribution is -0.129. The SMILES string of the molecule is O=C(CCN1C(=O)N=C2C=CC=CC2C1=O)Nc1ccc2c(c1)OCCO2. The van der Waals surface area contributed by atoms with Gasteiger partial charge in [-0.3, -0.25) is 14.5 Å². The zero-order chi connectivity index (χ0) is 18.8. The number of nitrogens with zero attached hydrogens (tertiary/aromatic N) is 2. The van der Waals surface area contributed by atoms with Crippen LogP contribution in [0.1, 0.15) is 6.42 Å². The second kappa shape index (κ2) is 7.06. The number of rotatable bonds is 4. The molecule has 1 N–H and O–H groups in total. The average Bonchev–Trinajstić information content (AvgIpc) is 2.67. The summed E-state index contributed by atoms with van der Waals surface area (Å²) < 4.78 is 10.9. The van der Waals surface area contributed by atoms with E-state index in [1.54, 1.807) is 42.5 Å². The Balaban J connectivity index is 1.37. The van der Waals surface area contributed by atoms with Gasteiger partial charge in [-0.1, -0.05) is 18.2 Å². The van der Waals surface area contributed by atoms with Crippen LogP contribution in [-0.2, 0) is 9.59 Å². The number of aliphatic imine (C=N–C) groups is 1. The molecule has 4 rings (SSSR count). The largest absolute Gasteiger partial charge is 0.486 e. The highest BCUT2D eigenvalue weighted by molar-refractivity contribution is 6.21. The smallest absolute Gasteiger partial charge is 0.350 e. The van der Waals surface area contributed by atoms with Gasteiger partial charge in [0.15, 0.2) is 11.5 Å². The van der Waals surface area contributed by atoms with Crippen LogP contribution in [0.15, 0.2) is 47.5 Å². The molecule has 3 aliphatic rings. The Kier molecular flexibility index (Phi) is 4.45. The lowest BCUT2D eigenvalue weighted by Gasteiger charge is -2.28. The van der Waals surface area contributed by atoms with Gasteiger partial charge in [-0.05, 0) is 18.2 Å². The molecule has 27 heavy (non-hydrogen) atoms. The number of amides is 4. The van der Waals surface area contributed by atoms with E-state index in [0.29, 0.717) is 36.1 Å². The summed E-state index contributed by atoms with van der Waals surface area (Å²) in [6, 6.07) is 4.47. The minimum absolute atomic E-state index is 0.0248. The van der Waals surface area contributed by atoms with Crippen LogP contribution in [-0.4, -0.2) is 48.2 Å². The maximum Gasteiger partial charge on any atom is 0.350 e. The van der Waals surface area contributed by atoms with Gasteiger partial charge >= 0.3 is 6.03 Å². The van der Waals surface area contributed by atoms with Crippen LogP contribution in [0.3, 0.4) is 0 Å². The molecule has 0 spiro atoms. The molecule has 1 aromatic rings. The fourth-order valence-electron chi connectivity index (χ4n) is 3.04. The van der Waals surface area contributed by atoms with E-state index >= 15 is 0 Å². The standard InChI is InChI=1S/C19H17N3O5/c23-17(20-12-5-6-15-16(11-12)27-10-9-26-15)7-8-22-18(24)13-3-1-2-4-14(13)21-19(22)25/h1-6,11,13H,7-10H2,(H,20,23). The second-order valence-electron chi connectivity index (χ2n) is 6.19. The Bertz CT molecular complexity index is 903. The number of urea groups is 1. The number of fused-ring (bicyclic) bond motifs is 2. The maximum absolute atomic E-state index is 12.5. The molecule has 8 heteroatoms. The third kappa shape index (κ3) is 3.46. The van der Waals surface area contributed by atoms with Crippen LogP contribution in [0, 0.1) is 5.92 Å². The van der Waals surface area contributed by atoms with E-state index < -0.39 is 11.9 Å². The van der Waals surface area contributed by atoms with E-state index in [1.165, 1.54) is 0 Å². The number of carbonyl (C=O) groups excluding carboxylic acids is 3. The van der Waals surface area contributed by atoms with Gasteiger partial charge in [0, 0.05) is 24.7 Å². The van der Waals surface area contributed by atoms with Gasteiger partial charge in [-0.2, -0.15) is 4.99 Å². The number of imide groups is 1. The van der Waals surface area contributed by atoms with Crippen molar-refractivity contribution in [2.45, 2.75) is 6.42 Å². The molecular formula is C19H17N3O5. The monoisotopic (exact) mass is 367 g/mol. The molecule has 1 unspecified atom stereocenters. The zero-order valence-corrected chi connectivity index (χ0v) is 14.4. The Morgan fingerprint density at radius 2 is 2.00 bits per heavy atom. The molecule has 138 valence electrons. The van der Waals surface area contributed by atoms with Crippen LogP contribution >= 0.6 is 0 Å². The van der Waals surface area contributed by atoms with Crippen molar-refractivity contribution in [2.75, 3.05) is 25.1 Å². The van der Waals surface area contributed by atoms with E-state index in [9.17, 15) is 14.4 Å². The van der Waals surface area contributed by atoms with Crippen molar-refractivity contribution in [2.24, 2.45) is 10.9 Å². The first-order valence-corrected chi connectivity index (χ1v) is 8.60. The number of hydrogen-bond acceptors (Lipinski definition) is 5. The first-order valence-electron chi connectivity index (χ1n) is 8.60. The Labute approximate surface area is 155 Å². The fourth-order valence-corrected chi connectivity index (χ4v) is 3.04. The third-order valence-electron chi connectivity index (χ3n) is 4.38. The van der Waals surface area contributed by atoms with Gasteiger partial charge in [-0.25, -0.2) is 4.79 Å². The van der Waals surface area contributed by atoms with Crippen LogP contribution in [0.5, 0.6) is 11.5 Å². The summed E-state index contributed by atoms with van der Waals surface area (Å²) in [5, 5.41) is 2.73. The summed E-state index contributed by atoms with van der Waals surface area (Å²) in [5.74, 6) is -0.0427. The van der Waals surface area contributed by atoms with E-state index in [-0.39, 0.29) is 24.8 Å². The van der Waals surface area contributed by atoms with E-state index in [0.717, 1.165) is 4.90 Å². The quantitative estimate of drug-likeness (QED) is 0.877. The summed E-state index contributed by atoms with van der Waals surface area (Å²) in [6.07, 6.45) is 6.78. The Morgan fingerprint density at radius 3 is 2.85 bits per heavy atom. The average molecular weight is 367 g/mol. The van der Waals surface area contributed by atoms with Crippen LogP contribution in [0.25, 0.3) is 0 Å². The van der Waals surface area contributed by atoms with E-state index in [4.69, 9.17) is 9.47 Å². The molecule has 8 nitrogen and oxygen atoms in total. The van der Waals surface area contributed by atoms with Gasteiger partial charge in [-0.15, -0.1) is 0 Å². The zero-order valence-electron chi connectivity index (χ0n) is 14.4. The predicted octanol–water partition coefficient (Wildman–Crippen LogP) is 1.93. The maximum atomic E-state index is 12.5. The molecule has 4 amide bonds. The number of anilines is 1. The number of benzene rings is 1. The minimum Gasteiger partial charge on any atom is -0.486 e. The van der Waals surface area contributed by atoms with Crippen molar-refractivity contribution in [1.82, 2.24) is 4.90 Å². The van der Waals surface area contributed by atoms with E-state index in [1.807, 2.05) is 0 Å². The number of carbonyl (C=O) groups is 3. The molecule has 1 aliphatic carbocycles. The van der Waals surface area contributed by atoms with Gasteiger partial charge in [0.1, 0.15) is 13.2 Å². The van der Waals surface area contributed by atoms with Crippen molar-refractivity contribution >= 4 is 29.2 Å². The highest BCUT2D eigenvalue weighted by Crippen LogP contribution is 2.32. The Hall–Kier alpha value is -3.42. The topological polar surface area (TPSA) is 97.3 Å². The summed E-state index contributed by atoms with van der Waals surface area (Å²) in [4.78, 5) is 41.7. The second-order valence-corrected chi connectivity index (χ2v) is 6.19. The van der Waals surface area contributed by atoms with Crippen molar-refractivity contribution < 1.29 is 23.9 Å². The number of allylic oxidation sites excluding steroid dienone is 3. The molecule has 1 aromatic carbocycles. The predicted molar refractivity (Wildman–Crippen MR) is 97.0 cm³/mol. The van der Waals surface area contributed by atoms with Gasteiger partial charge < -0.3 is 14.8 Å². The normalized spacial score (nSPS) is 20.2. The molecule has 0 aromatic heterocycles. The van der Waals surface area contributed by atoms with Crippen molar-refractivity contribution in [3.05, 3.63) is 42.5 Å².